The van der Waals surface area contributed by atoms with Gasteiger partial charge in [0.25, 0.3) is 5.91 Å². The van der Waals surface area contributed by atoms with Crippen LogP contribution >= 0.6 is 0 Å². The second-order valence-electron chi connectivity index (χ2n) is 9.15. The van der Waals surface area contributed by atoms with Gasteiger partial charge >= 0.3 is 0 Å². The van der Waals surface area contributed by atoms with Crippen LogP contribution in [0.1, 0.15) is 47.6 Å². The van der Waals surface area contributed by atoms with Gasteiger partial charge in [-0.15, -0.1) is 0 Å². The van der Waals surface area contributed by atoms with Crippen molar-refractivity contribution < 1.29 is 28.2 Å². The second kappa shape index (κ2) is 10.9. The molecular weight excluding hydrogens is 475 g/mol. The van der Waals surface area contributed by atoms with Crippen molar-refractivity contribution in [2.75, 3.05) is 25.2 Å². The number of carbonyl (C=O) groups excluding carboxylic acids is 2. The van der Waals surface area contributed by atoms with E-state index in [1.165, 1.54) is 36.3 Å². The van der Waals surface area contributed by atoms with Crippen LogP contribution in [-0.4, -0.2) is 38.2 Å². The van der Waals surface area contributed by atoms with E-state index < -0.39 is 17.8 Å². The van der Waals surface area contributed by atoms with Gasteiger partial charge in [0.15, 0.2) is 11.5 Å². The zero-order chi connectivity index (χ0) is 25.8. The number of rotatable bonds is 7. The molecule has 1 fully saturated rings. The van der Waals surface area contributed by atoms with Crippen molar-refractivity contribution in [1.82, 2.24) is 5.32 Å². The molecule has 1 saturated carbocycles. The maximum Gasteiger partial charge on any atom is 0.259 e. The highest BCUT2D eigenvalue weighted by molar-refractivity contribution is 6.11. The Kier molecular flexibility index (Phi) is 7.25. The molecule has 192 valence electrons. The smallest absolute Gasteiger partial charge is 0.259 e. The van der Waals surface area contributed by atoms with Crippen molar-refractivity contribution in [2.24, 2.45) is 0 Å². The third kappa shape index (κ3) is 5.23. The topological polar surface area (TPSA) is 77.1 Å². The van der Waals surface area contributed by atoms with Crippen LogP contribution in [0.2, 0.25) is 0 Å². The molecule has 2 aliphatic rings. The van der Waals surface area contributed by atoms with Crippen molar-refractivity contribution in [3.05, 3.63) is 83.7 Å². The van der Waals surface area contributed by atoms with Crippen molar-refractivity contribution in [2.45, 2.75) is 37.8 Å². The summed E-state index contributed by atoms with van der Waals surface area (Å²) in [6, 6.07) is 16.6. The number of nitrogens with zero attached hydrogens (tertiary/aromatic N) is 1. The molecule has 7 nitrogen and oxygen atoms in total. The van der Waals surface area contributed by atoms with E-state index >= 15 is 0 Å². The molecule has 1 aliphatic heterocycles. The molecule has 0 unspecified atom stereocenters. The van der Waals surface area contributed by atoms with Crippen LogP contribution in [-0.2, 0) is 4.79 Å². The van der Waals surface area contributed by atoms with Crippen LogP contribution in [0.3, 0.4) is 0 Å². The van der Waals surface area contributed by atoms with Crippen molar-refractivity contribution >= 4 is 17.5 Å². The molecule has 8 heteroatoms. The molecule has 1 N–H and O–H groups in total. The van der Waals surface area contributed by atoms with Gasteiger partial charge in [0, 0.05) is 11.6 Å². The fourth-order valence-electron chi connectivity index (χ4n) is 4.92. The summed E-state index contributed by atoms with van der Waals surface area (Å²) in [6.45, 7) is 0.810. The van der Waals surface area contributed by atoms with Crippen molar-refractivity contribution in [3.63, 3.8) is 0 Å². The number of fused-ring (bicyclic) bond motifs is 1. The SMILES string of the molecule is COc1ccccc1N(C(=O)c1ccc2c(c1)OCCO2)[C@@H](C(=O)NC1CCCC1)c1ccc(F)cc1. The Labute approximate surface area is 215 Å². The summed E-state index contributed by atoms with van der Waals surface area (Å²) in [4.78, 5) is 29.5. The van der Waals surface area contributed by atoms with Gasteiger partial charge in [-0.25, -0.2) is 4.39 Å². The summed E-state index contributed by atoms with van der Waals surface area (Å²) in [5, 5.41) is 3.12. The van der Waals surface area contributed by atoms with E-state index in [9.17, 15) is 14.0 Å². The predicted molar refractivity (Wildman–Crippen MR) is 137 cm³/mol. The first-order valence-corrected chi connectivity index (χ1v) is 12.5. The molecule has 3 aromatic carbocycles. The van der Waals surface area contributed by atoms with Gasteiger partial charge in [-0.2, -0.15) is 0 Å². The van der Waals surface area contributed by atoms with Gasteiger partial charge in [-0.05, 0) is 60.9 Å². The van der Waals surface area contributed by atoms with Gasteiger partial charge in [0.1, 0.15) is 30.8 Å². The lowest BCUT2D eigenvalue weighted by Gasteiger charge is -2.33. The Hall–Kier alpha value is -4.07. The van der Waals surface area contributed by atoms with Crippen molar-refractivity contribution in [1.29, 1.82) is 0 Å². The minimum absolute atomic E-state index is 0.0272. The Balaban J connectivity index is 1.63. The largest absolute Gasteiger partial charge is 0.495 e. The van der Waals surface area contributed by atoms with E-state index in [0.29, 0.717) is 47.3 Å². The summed E-state index contributed by atoms with van der Waals surface area (Å²) >= 11 is 0. The fraction of sp³-hybridized carbons (Fsp3) is 0.310. The highest BCUT2D eigenvalue weighted by atomic mass is 19.1. The third-order valence-corrected chi connectivity index (χ3v) is 6.75. The van der Waals surface area contributed by atoms with E-state index in [-0.39, 0.29) is 11.9 Å². The summed E-state index contributed by atoms with van der Waals surface area (Å²) in [7, 11) is 1.51. The van der Waals surface area contributed by atoms with E-state index in [1.807, 2.05) is 0 Å². The molecule has 0 bridgehead atoms. The number of halogens is 1. The van der Waals surface area contributed by atoms with Gasteiger partial charge < -0.3 is 19.5 Å². The van der Waals surface area contributed by atoms with E-state index in [0.717, 1.165) is 25.7 Å². The molecule has 37 heavy (non-hydrogen) atoms. The minimum atomic E-state index is -1.07. The second-order valence-corrected chi connectivity index (χ2v) is 9.15. The fourth-order valence-corrected chi connectivity index (χ4v) is 4.92. The zero-order valence-corrected chi connectivity index (χ0v) is 20.6. The lowest BCUT2D eigenvalue weighted by Crippen LogP contribution is -2.46. The normalized spacial score (nSPS) is 15.6. The monoisotopic (exact) mass is 504 g/mol. The predicted octanol–water partition coefficient (Wildman–Crippen LogP) is 5.05. The molecule has 0 radical (unpaired) electrons. The number of nitrogens with one attached hydrogen (secondary N) is 1. The number of para-hydroxylation sites is 2. The van der Waals surface area contributed by atoms with Gasteiger partial charge in [0.2, 0.25) is 5.91 Å². The summed E-state index contributed by atoms with van der Waals surface area (Å²) in [6.07, 6.45) is 3.84. The zero-order valence-electron chi connectivity index (χ0n) is 20.6. The van der Waals surface area contributed by atoms with Gasteiger partial charge in [-0.3, -0.25) is 14.5 Å². The first-order valence-electron chi connectivity index (χ1n) is 12.5. The molecule has 1 aliphatic carbocycles. The number of methoxy groups -OCH3 is 1. The first-order chi connectivity index (χ1) is 18.0. The maximum atomic E-state index is 14.2. The summed E-state index contributed by atoms with van der Waals surface area (Å²) in [5.41, 5.74) is 1.21. The molecule has 0 aromatic heterocycles. The highest BCUT2D eigenvalue weighted by Crippen LogP contribution is 2.38. The number of hydrogen-bond acceptors (Lipinski definition) is 5. The van der Waals surface area contributed by atoms with E-state index in [4.69, 9.17) is 14.2 Å². The maximum absolute atomic E-state index is 14.2. The Morgan fingerprint density at radius 3 is 2.41 bits per heavy atom. The summed E-state index contributed by atoms with van der Waals surface area (Å²) in [5.74, 6) is 0.245. The number of carbonyl (C=O) groups is 2. The Bertz CT molecular complexity index is 1270. The lowest BCUT2D eigenvalue weighted by molar-refractivity contribution is -0.123. The molecule has 5 rings (SSSR count). The average Bonchev–Trinajstić information content (AvgIpc) is 3.44. The van der Waals surface area contributed by atoms with E-state index in [1.54, 1.807) is 42.5 Å². The van der Waals surface area contributed by atoms with Crippen LogP contribution in [0.4, 0.5) is 10.1 Å². The summed E-state index contributed by atoms with van der Waals surface area (Å²) < 4.78 is 30.8. The van der Waals surface area contributed by atoms with Crippen LogP contribution < -0.4 is 24.4 Å². The number of anilines is 1. The van der Waals surface area contributed by atoms with Gasteiger partial charge in [-0.1, -0.05) is 37.1 Å². The Morgan fingerprint density at radius 2 is 1.68 bits per heavy atom. The van der Waals surface area contributed by atoms with Crippen LogP contribution in [0, 0.1) is 5.82 Å². The van der Waals surface area contributed by atoms with E-state index in [2.05, 4.69) is 5.32 Å². The number of benzene rings is 3. The first kappa shape index (κ1) is 24.6. The van der Waals surface area contributed by atoms with Gasteiger partial charge in [0.05, 0.1) is 12.8 Å². The molecular formula is C29H29FN2O5. The lowest BCUT2D eigenvalue weighted by atomic mass is 10.0. The molecule has 3 aromatic rings. The van der Waals surface area contributed by atoms with Crippen LogP contribution in [0.5, 0.6) is 17.2 Å². The highest BCUT2D eigenvalue weighted by Gasteiger charge is 2.36. The molecule has 0 saturated heterocycles. The molecule has 1 atom stereocenters. The molecule has 2 amide bonds. The minimum Gasteiger partial charge on any atom is -0.495 e. The van der Waals surface area contributed by atoms with Crippen molar-refractivity contribution in [3.8, 4) is 17.2 Å². The quantitative estimate of drug-likeness (QED) is 0.487. The standard InChI is InChI=1S/C29H29FN2O5/c1-35-24-9-5-4-8-23(24)32(29(34)20-12-15-25-26(18-20)37-17-16-36-25)27(19-10-13-21(30)14-11-19)28(33)31-22-6-2-3-7-22/h4-5,8-15,18,22,27H,2-3,6-7,16-17H2,1H3,(H,31,33)/t27-/m1/s1. The number of ether oxygens (including phenoxy) is 3. The Morgan fingerprint density at radius 1 is 0.973 bits per heavy atom. The third-order valence-electron chi connectivity index (χ3n) is 6.75. The average molecular weight is 505 g/mol. The molecule has 1 heterocycles. The van der Waals surface area contributed by atoms with Crippen LogP contribution in [0.25, 0.3) is 0 Å². The number of hydrogen-bond donors (Lipinski definition) is 1. The van der Waals surface area contributed by atoms with Crippen LogP contribution in [0.15, 0.2) is 66.7 Å². The molecule has 0 spiro atoms. The number of amides is 2.